The molecule has 0 amide bonds. The maximum Gasteiger partial charge on any atom is 0.0906 e. The topological polar surface area (TPSA) is 15.3 Å². The monoisotopic (exact) mass is 290 g/mol. The normalized spacial score (nSPS) is 25.5. The van der Waals surface area contributed by atoms with Crippen molar-refractivity contribution in [3.8, 4) is 0 Å². The maximum absolute atomic E-state index is 12.6. The summed E-state index contributed by atoms with van der Waals surface area (Å²) in [6.45, 7) is 2.85. The molecule has 0 bridgehead atoms. The zero-order valence-electron chi connectivity index (χ0n) is 12.9. The molecular formula is C18H27FN2. The number of piperazine rings is 1. The van der Waals surface area contributed by atoms with Crippen molar-refractivity contribution in [2.45, 2.75) is 50.1 Å². The number of nitrogens with one attached hydrogen (secondary N) is 1. The summed E-state index contributed by atoms with van der Waals surface area (Å²) in [6.07, 6.45) is 6.99. The number of hydrogen-bond donors (Lipinski definition) is 1. The van der Waals surface area contributed by atoms with Crippen LogP contribution in [0, 0.1) is 0 Å². The minimum absolute atomic E-state index is 0.199. The number of rotatable bonds is 5. The van der Waals surface area contributed by atoms with E-state index >= 15 is 0 Å². The summed E-state index contributed by atoms with van der Waals surface area (Å²) in [7, 11) is 0. The summed E-state index contributed by atoms with van der Waals surface area (Å²) in [5.74, 6) is 0. The average molecular weight is 290 g/mol. The van der Waals surface area contributed by atoms with Crippen molar-refractivity contribution in [2.75, 3.05) is 26.3 Å². The van der Waals surface area contributed by atoms with E-state index < -0.39 is 0 Å². The summed E-state index contributed by atoms with van der Waals surface area (Å²) in [4.78, 5) is 2.55. The quantitative estimate of drug-likeness (QED) is 0.896. The zero-order chi connectivity index (χ0) is 14.5. The lowest BCUT2D eigenvalue weighted by Gasteiger charge is -2.46. The highest BCUT2D eigenvalue weighted by molar-refractivity contribution is 5.17. The first-order chi connectivity index (χ1) is 10.3. The summed E-state index contributed by atoms with van der Waals surface area (Å²) in [5.41, 5.74) is 1.71. The third-order valence-electron chi connectivity index (χ3n) is 5.19. The molecule has 2 aliphatic rings. The van der Waals surface area contributed by atoms with E-state index in [0.29, 0.717) is 18.0 Å². The number of alkyl halides is 1. The molecule has 1 unspecified atom stereocenters. The summed E-state index contributed by atoms with van der Waals surface area (Å²) in [6, 6.07) is 11.2. The molecule has 0 aromatic heterocycles. The van der Waals surface area contributed by atoms with Gasteiger partial charge in [0.1, 0.15) is 0 Å². The smallest absolute Gasteiger partial charge is 0.0906 e. The van der Waals surface area contributed by atoms with Crippen LogP contribution in [0.15, 0.2) is 30.3 Å². The standard InChI is InChI=1S/C18H27FN2/c19-11-6-12-21-15-18(9-4-5-10-18)20-14-17(21)13-16-7-2-1-3-8-16/h1-3,7-8,17,20H,4-6,9-15H2. The van der Waals surface area contributed by atoms with Gasteiger partial charge in [0.05, 0.1) is 6.67 Å². The van der Waals surface area contributed by atoms with E-state index in [9.17, 15) is 4.39 Å². The molecule has 1 N–H and O–H groups in total. The number of nitrogens with zero attached hydrogens (tertiary/aromatic N) is 1. The fourth-order valence-corrected chi connectivity index (χ4v) is 4.04. The van der Waals surface area contributed by atoms with Crippen LogP contribution in [0.5, 0.6) is 0 Å². The third kappa shape index (κ3) is 3.64. The Balaban J connectivity index is 1.66. The van der Waals surface area contributed by atoms with E-state index in [0.717, 1.165) is 26.1 Å². The van der Waals surface area contributed by atoms with Gasteiger partial charge < -0.3 is 5.32 Å². The highest BCUT2D eigenvalue weighted by atomic mass is 19.1. The van der Waals surface area contributed by atoms with Crippen molar-refractivity contribution in [1.29, 1.82) is 0 Å². The second-order valence-corrected chi connectivity index (χ2v) is 6.72. The zero-order valence-corrected chi connectivity index (χ0v) is 12.9. The molecular weight excluding hydrogens is 263 g/mol. The van der Waals surface area contributed by atoms with Crippen molar-refractivity contribution in [3.05, 3.63) is 35.9 Å². The Morgan fingerprint density at radius 3 is 2.67 bits per heavy atom. The van der Waals surface area contributed by atoms with Crippen LogP contribution >= 0.6 is 0 Å². The third-order valence-corrected chi connectivity index (χ3v) is 5.19. The Morgan fingerprint density at radius 2 is 1.95 bits per heavy atom. The van der Waals surface area contributed by atoms with Crippen molar-refractivity contribution >= 4 is 0 Å². The van der Waals surface area contributed by atoms with Crippen molar-refractivity contribution in [3.63, 3.8) is 0 Å². The van der Waals surface area contributed by atoms with Gasteiger partial charge in [0.25, 0.3) is 0 Å². The first-order valence-electron chi connectivity index (χ1n) is 8.40. The summed E-state index contributed by atoms with van der Waals surface area (Å²) < 4.78 is 12.6. The number of halogens is 1. The molecule has 3 heteroatoms. The molecule has 1 aliphatic carbocycles. The molecule has 2 fully saturated rings. The molecule has 1 saturated carbocycles. The fraction of sp³-hybridized carbons (Fsp3) is 0.667. The minimum Gasteiger partial charge on any atom is -0.308 e. The predicted octanol–water partition coefficient (Wildman–Crippen LogP) is 3.18. The molecule has 21 heavy (non-hydrogen) atoms. The highest BCUT2D eigenvalue weighted by Gasteiger charge is 2.40. The van der Waals surface area contributed by atoms with Gasteiger partial charge in [0.15, 0.2) is 0 Å². The van der Waals surface area contributed by atoms with Gasteiger partial charge >= 0.3 is 0 Å². The summed E-state index contributed by atoms with van der Waals surface area (Å²) >= 11 is 0. The van der Waals surface area contributed by atoms with E-state index in [1.807, 2.05) is 0 Å². The Kier molecular flexibility index (Phi) is 4.91. The van der Waals surface area contributed by atoms with Crippen LogP contribution < -0.4 is 5.32 Å². The van der Waals surface area contributed by atoms with E-state index in [1.54, 1.807) is 0 Å². The molecule has 1 heterocycles. The van der Waals surface area contributed by atoms with E-state index in [4.69, 9.17) is 0 Å². The van der Waals surface area contributed by atoms with E-state index in [-0.39, 0.29) is 6.67 Å². The Labute approximate surface area is 127 Å². The van der Waals surface area contributed by atoms with Gasteiger partial charge in [-0.1, -0.05) is 43.2 Å². The van der Waals surface area contributed by atoms with E-state index in [2.05, 4.69) is 40.5 Å². The molecule has 1 atom stereocenters. The number of hydrogen-bond acceptors (Lipinski definition) is 2. The van der Waals surface area contributed by atoms with Crippen LogP contribution in [0.3, 0.4) is 0 Å². The van der Waals surface area contributed by atoms with Crippen LogP contribution in [0.25, 0.3) is 0 Å². The van der Waals surface area contributed by atoms with Crippen LogP contribution in [-0.4, -0.2) is 42.8 Å². The minimum atomic E-state index is -0.199. The molecule has 2 nitrogen and oxygen atoms in total. The largest absolute Gasteiger partial charge is 0.308 e. The molecule has 3 rings (SSSR count). The highest BCUT2D eigenvalue weighted by Crippen LogP contribution is 2.33. The molecule has 1 aliphatic heterocycles. The Hall–Kier alpha value is -0.930. The Morgan fingerprint density at radius 1 is 1.19 bits per heavy atom. The maximum atomic E-state index is 12.6. The van der Waals surface area contributed by atoms with Gasteiger partial charge in [-0.25, -0.2) is 0 Å². The SMILES string of the molecule is FCCCN1CC2(CCCC2)NCC1Cc1ccccc1. The molecule has 1 spiro atoms. The second kappa shape index (κ2) is 6.89. The van der Waals surface area contributed by atoms with Crippen molar-refractivity contribution in [1.82, 2.24) is 10.2 Å². The molecule has 0 radical (unpaired) electrons. The van der Waals surface area contributed by atoms with Crippen molar-refractivity contribution in [2.24, 2.45) is 0 Å². The lowest BCUT2D eigenvalue weighted by atomic mass is 9.90. The van der Waals surface area contributed by atoms with E-state index in [1.165, 1.54) is 31.2 Å². The lowest BCUT2D eigenvalue weighted by Crippen LogP contribution is -2.63. The first-order valence-corrected chi connectivity index (χ1v) is 8.40. The lowest BCUT2D eigenvalue weighted by molar-refractivity contribution is 0.0775. The van der Waals surface area contributed by atoms with Crippen molar-refractivity contribution < 1.29 is 4.39 Å². The van der Waals surface area contributed by atoms with Gasteiger partial charge in [-0.05, 0) is 31.2 Å². The second-order valence-electron chi connectivity index (χ2n) is 6.72. The first kappa shape index (κ1) is 15.0. The summed E-state index contributed by atoms with van der Waals surface area (Å²) in [5, 5.41) is 3.84. The molecule has 1 saturated heterocycles. The van der Waals surface area contributed by atoms with Crippen LogP contribution in [0.1, 0.15) is 37.7 Å². The predicted molar refractivity (Wildman–Crippen MR) is 85.3 cm³/mol. The fourth-order valence-electron chi connectivity index (χ4n) is 4.04. The van der Waals surface area contributed by atoms with Gasteiger partial charge in [-0.15, -0.1) is 0 Å². The Bertz CT molecular complexity index is 428. The molecule has 1 aromatic rings. The van der Waals surface area contributed by atoms with Crippen LogP contribution in [0.4, 0.5) is 4.39 Å². The number of benzene rings is 1. The average Bonchev–Trinajstić information content (AvgIpc) is 2.97. The van der Waals surface area contributed by atoms with Gasteiger partial charge in [-0.2, -0.15) is 0 Å². The van der Waals surface area contributed by atoms with Gasteiger partial charge in [0.2, 0.25) is 0 Å². The van der Waals surface area contributed by atoms with Crippen LogP contribution in [0.2, 0.25) is 0 Å². The van der Waals surface area contributed by atoms with Gasteiger partial charge in [-0.3, -0.25) is 9.29 Å². The molecule has 116 valence electrons. The van der Waals surface area contributed by atoms with Crippen LogP contribution in [-0.2, 0) is 6.42 Å². The van der Waals surface area contributed by atoms with Gasteiger partial charge in [0, 0.05) is 31.2 Å². The molecule has 1 aromatic carbocycles.